The first-order valence-electron chi connectivity index (χ1n) is 12.0. The Balaban J connectivity index is 1.22. The molecule has 4 aromatic rings. The SMILES string of the molecule is O=C1NC[C@@H]2CN(c3ncc(-c4ccc5nc6n(c5n4)-c4ccccc4OCCOC6)cn3)CCN12. The van der Waals surface area contributed by atoms with Gasteiger partial charge >= 0.3 is 6.03 Å². The van der Waals surface area contributed by atoms with E-state index in [1.807, 2.05) is 45.9 Å². The Kier molecular flexibility index (Phi) is 4.95. The second-order valence-corrected chi connectivity index (χ2v) is 9.02. The number of amides is 2. The van der Waals surface area contributed by atoms with Gasteiger partial charge < -0.3 is 24.6 Å². The molecule has 0 saturated carbocycles. The van der Waals surface area contributed by atoms with Crippen LogP contribution in [-0.4, -0.2) is 80.9 Å². The van der Waals surface area contributed by atoms with Crippen LogP contribution in [-0.2, 0) is 11.3 Å². The molecule has 3 aliphatic rings. The number of nitrogens with one attached hydrogen (secondary N) is 1. The van der Waals surface area contributed by atoms with Gasteiger partial charge in [-0.15, -0.1) is 0 Å². The van der Waals surface area contributed by atoms with Gasteiger partial charge in [-0.2, -0.15) is 0 Å². The fraction of sp³-hybridized carbons (Fsp3) is 0.320. The molecule has 182 valence electrons. The summed E-state index contributed by atoms with van der Waals surface area (Å²) >= 11 is 0. The van der Waals surface area contributed by atoms with Crippen molar-refractivity contribution in [1.82, 2.24) is 34.7 Å². The molecule has 3 aliphatic heterocycles. The lowest BCUT2D eigenvalue weighted by molar-refractivity contribution is 0.0871. The molecular formula is C25H24N8O3. The highest BCUT2D eigenvalue weighted by atomic mass is 16.5. The zero-order valence-corrected chi connectivity index (χ0v) is 19.5. The number of rotatable bonds is 2. The van der Waals surface area contributed by atoms with Crippen LogP contribution in [0.1, 0.15) is 5.82 Å². The molecule has 0 spiro atoms. The molecule has 11 heteroatoms. The fourth-order valence-corrected chi connectivity index (χ4v) is 5.06. The predicted molar refractivity (Wildman–Crippen MR) is 131 cm³/mol. The fourth-order valence-electron chi connectivity index (χ4n) is 5.06. The van der Waals surface area contributed by atoms with Crippen LogP contribution in [0.3, 0.4) is 0 Å². The summed E-state index contributed by atoms with van der Waals surface area (Å²) in [5, 5.41) is 2.90. The maximum Gasteiger partial charge on any atom is 0.317 e. The molecule has 0 bridgehead atoms. The number of urea groups is 1. The number of piperazine rings is 1. The van der Waals surface area contributed by atoms with Crippen molar-refractivity contribution in [2.75, 3.05) is 44.3 Å². The Bertz CT molecular complexity index is 1450. The van der Waals surface area contributed by atoms with Crippen LogP contribution in [0.15, 0.2) is 48.8 Å². The van der Waals surface area contributed by atoms with Crippen LogP contribution in [0.25, 0.3) is 28.1 Å². The molecule has 2 amide bonds. The lowest BCUT2D eigenvalue weighted by Gasteiger charge is -2.36. The summed E-state index contributed by atoms with van der Waals surface area (Å²) in [6.45, 7) is 4.09. The van der Waals surface area contributed by atoms with Gasteiger partial charge in [-0.1, -0.05) is 12.1 Å². The highest BCUT2D eigenvalue weighted by Crippen LogP contribution is 2.30. The Morgan fingerprint density at radius 2 is 1.89 bits per heavy atom. The Morgan fingerprint density at radius 1 is 1.00 bits per heavy atom. The minimum atomic E-state index is 0.0159. The number of benzene rings is 1. The number of nitrogens with zero attached hydrogens (tertiary/aromatic N) is 7. The number of para-hydroxylation sites is 2. The number of anilines is 1. The molecule has 2 saturated heterocycles. The number of carbonyl (C=O) groups excluding carboxylic acids is 1. The first kappa shape index (κ1) is 21.1. The van der Waals surface area contributed by atoms with Gasteiger partial charge in [-0.25, -0.2) is 24.7 Å². The van der Waals surface area contributed by atoms with Crippen molar-refractivity contribution in [3.63, 3.8) is 0 Å². The molecule has 0 radical (unpaired) electrons. The Morgan fingerprint density at radius 3 is 2.81 bits per heavy atom. The minimum absolute atomic E-state index is 0.0159. The number of hydrogen-bond donors (Lipinski definition) is 1. The smallest absolute Gasteiger partial charge is 0.317 e. The third-order valence-electron chi connectivity index (χ3n) is 6.85. The topological polar surface area (TPSA) is 111 Å². The standard InChI is InChI=1S/C25H24N8O3/c34-25-28-13-17-14-31(7-8-32(17)25)24-26-11-16(12-27-24)18-5-6-19-23(30-18)33-20-3-1-2-4-21(20)36-10-9-35-15-22(33)29-19/h1-6,11-12,17H,7-10,13-15H2,(H,28,34)/t17-/m1/s1. The molecule has 1 N–H and O–H groups in total. The quantitative estimate of drug-likeness (QED) is 0.460. The first-order chi connectivity index (χ1) is 17.7. The van der Waals surface area contributed by atoms with Crippen molar-refractivity contribution in [3.05, 3.63) is 54.6 Å². The summed E-state index contributed by atoms with van der Waals surface area (Å²) in [5.41, 5.74) is 3.96. The van der Waals surface area contributed by atoms with E-state index in [0.717, 1.165) is 39.7 Å². The van der Waals surface area contributed by atoms with E-state index in [1.165, 1.54) is 0 Å². The maximum atomic E-state index is 11.9. The van der Waals surface area contributed by atoms with Gasteiger partial charge in [0.25, 0.3) is 0 Å². The average Bonchev–Trinajstić information content (AvgIpc) is 3.49. The molecule has 6 heterocycles. The molecule has 1 atom stereocenters. The highest BCUT2D eigenvalue weighted by Gasteiger charge is 2.36. The Hall–Kier alpha value is -4.25. The summed E-state index contributed by atoms with van der Waals surface area (Å²) < 4.78 is 13.7. The number of hydrogen-bond acceptors (Lipinski definition) is 8. The van der Waals surface area contributed by atoms with Crippen LogP contribution >= 0.6 is 0 Å². The zero-order valence-electron chi connectivity index (χ0n) is 19.5. The van der Waals surface area contributed by atoms with Crippen molar-refractivity contribution in [1.29, 1.82) is 0 Å². The largest absolute Gasteiger partial charge is 0.489 e. The molecular weight excluding hydrogens is 460 g/mol. The second-order valence-electron chi connectivity index (χ2n) is 9.02. The molecule has 3 aromatic heterocycles. The number of imidazole rings is 1. The van der Waals surface area contributed by atoms with E-state index >= 15 is 0 Å². The summed E-state index contributed by atoms with van der Waals surface area (Å²) in [6, 6.07) is 12.0. The zero-order chi connectivity index (χ0) is 24.1. The lowest BCUT2D eigenvalue weighted by atomic mass is 10.2. The predicted octanol–water partition coefficient (Wildman–Crippen LogP) is 2.00. The normalized spacial score (nSPS) is 19.4. The summed E-state index contributed by atoms with van der Waals surface area (Å²) in [5.74, 6) is 2.20. The monoisotopic (exact) mass is 484 g/mol. The van der Waals surface area contributed by atoms with Crippen LogP contribution in [0.2, 0.25) is 0 Å². The van der Waals surface area contributed by atoms with Crippen molar-refractivity contribution < 1.29 is 14.3 Å². The van der Waals surface area contributed by atoms with Crippen LogP contribution in [0.5, 0.6) is 5.75 Å². The highest BCUT2D eigenvalue weighted by molar-refractivity contribution is 5.79. The lowest BCUT2D eigenvalue weighted by Crippen LogP contribution is -2.52. The van der Waals surface area contributed by atoms with E-state index in [9.17, 15) is 4.79 Å². The number of aromatic nitrogens is 5. The molecule has 7 rings (SSSR count). The summed E-state index contributed by atoms with van der Waals surface area (Å²) in [6.07, 6.45) is 3.60. The van der Waals surface area contributed by atoms with Crippen molar-refractivity contribution in [3.8, 4) is 22.7 Å². The van der Waals surface area contributed by atoms with E-state index in [0.29, 0.717) is 51.9 Å². The molecule has 0 unspecified atom stereocenters. The molecule has 2 fully saturated rings. The summed E-state index contributed by atoms with van der Waals surface area (Å²) in [7, 11) is 0. The van der Waals surface area contributed by atoms with Crippen LogP contribution in [0, 0.1) is 0 Å². The van der Waals surface area contributed by atoms with E-state index < -0.39 is 0 Å². The van der Waals surface area contributed by atoms with Gasteiger partial charge in [0, 0.05) is 44.1 Å². The van der Waals surface area contributed by atoms with Gasteiger partial charge in [-0.3, -0.25) is 4.57 Å². The molecule has 36 heavy (non-hydrogen) atoms. The van der Waals surface area contributed by atoms with Crippen LogP contribution < -0.4 is 15.0 Å². The maximum absolute atomic E-state index is 11.9. The number of ether oxygens (including phenoxy) is 2. The molecule has 0 aliphatic carbocycles. The third kappa shape index (κ3) is 3.51. The van der Waals surface area contributed by atoms with E-state index in [2.05, 4.69) is 20.2 Å². The van der Waals surface area contributed by atoms with Gasteiger partial charge in [0.2, 0.25) is 5.95 Å². The number of pyridine rings is 1. The number of fused-ring (bicyclic) bond motifs is 6. The summed E-state index contributed by atoms with van der Waals surface area (Å²) in [4.78, 5) is 34.9. The van der Waals surface area contributed by atoms with E-state index in [4.69, 9.17) is 19.4 Å². The average molecular weight is 485 g/mol. The van der Waals surface area contributed by atoms with Gasteiger partial charge in [-0.05, 0) is 24.3 Å². The molecule has 11 nitrogen and oxygen atoms in total. The van der Waals surface area contributed by atoms with E-state index in [1.54, 1.807) is 12.4 Å². The molecule has 1 aromatic carbocycles. The van der Waals surface area contributed by atoms with Crippen molar-refractivity contribution in [2.45, 2.75) is 12.6 Å². The van der Waals surface area contributed by atoms with Crippen molar-refractivity contribution in [2.24, 2.45) is 0 Å². The minimum Gasteiger partial charge on any atom is -0.489 e. The Labute approximate surface area is 206 Å². The van der Waals surface area contributed by atoms with E-state index in [-0.39, 0.29) is 12.1 Å². The second kappa shape index (κ2) is 8.45. The number of carbonyl (C=O) groups is 1. The van der Waals surface area contributed by atoms with Gasteiger partial charge in [0.1, 0.15) is 30.3 Å². The third-order valence-corrected chi connectivity index (χ3v) is 6.85. The van der Waals surface area contributed by atoms with Crippen molar-refractivity contribution >= 4 is 23.1 Å². The first-order valence-corrected chi connectivity index (χ1v) is 12.0. The van der Waals surface area contributed by atoms with Crippen LogP contribution in [0.4, 0.5) is 10.7 Å². The van der Waals surface area contributed by atoms with Gasteiger partial charge in [0.05, 0.1) is 24.0 Å². The van der Waals surface area contributed by atoms with Gasteiger partial charge in [0.15, 0.2) is 5.65 Å².